The Balaban J connectivity index is 2.04. The quantitative estimate of drug-likeness (QED) is 0.604. The molecule has 0 fully saturated rings. The standard InChI is InChI=1S/C20H22N2O4S/c1-12-10-14(7-8-16(12)25-3)15-11-27-19-18(15)20(24)22(13(2)21-19)9-5-6-17(23)26-4/h7-8,10-11H,5-6,9H2,1-4H3. The van der Waals surface area contributed by atoms with Gasteiger partial charge in [0.25, 0.3) is 5.56 Å². The molecular formula is C20H22N2O4S. The maximum atomic E-state index is 13.1. The van der Waals surface area contributed by atoms with Gasteiger partial charge >= 0.3 is 5.97 Å². The van der Waals surface area contributed by atoms with Crippen LogP contribution in [-0.2, 0) is 16.1 Å². The van der Waals surface area contributed by atoms with E-state index in [1.165, 1.54) is 18.4 Å². The highest BCUT2D eigenvalue weighted by Crippen LogP contribution is 2.33. The van der Waals surface area contributed by atoms with Crippen molar-refractivity contribution in [1.82, 2.24) is 9.55 Å². The Hall–Kier alpha value is -2.67. The SMILES string of the molecule is COC(=O)CCCn1c(C)nc2scc(-c3ccc(OC)c(C)c3)c2c1=O. The minimum absolute atomic E-state index is 0.0768. The first-order valence-electron chi connectivity index (χ1n) is 8.66. The largest absolute Gasteiger partial charge is 0.496 e. The van der Waals surface area contributed by atoms with Crippen molar-refractivity contribution in [3.8, 4) is 16.9 Å². The number of hydrogen-bond acceptors (Lipinski definition) is 6. The fraction of sp³-hybridized carbons (Fsp3) is 0.350. The van der Waals surface area contributed by atoms with E-state index in [4.69, 9.17) is 4.74 Å². The lowest BCUT2D eigenvalue weighted by Gasteiger charge is -2.10. The Morgan fingerprint density at radius 3 is 2.70 bits per heavy atom. The maximum absolute atomic E-state index is 13.1. The summed E-state index contributed by atoms with van der Waals surface area (Å²) in [6, 6.07) is 5.88. The average molecular weight is 386 g/mol. The highest BCUT2D eigenvalue weighted by Gasteiger charge is 2.16. The van der Waals surface area contributed by atoms with E-state index >= 15 is 0 Å². The third kappa shape index (κ3) is 3.73. The van der Waals surface area contributed by atoms with Crippen LogP contribution in [0, 0.1) is 13.8 Å². The summed E-state index contributed by atoms with van der Waals surface area (Å²) in [6.07, 6.45) is 0.802. The lowest BCUT2D eigenvalue weighted by molar-refractivity contribution is -0.140. The molecule has 142 valence electrons. The molecule has 27 heavy (non-hydrogen) atoms. The normalized spacial score (nSPS) is 11.0. The molecule has 3 aromatic rings. The summed E-state index contributed by atoms with van der Waals surface area (Å²) in [6.45, 7) is 4.22. The molecule has 0 aliphatic heterocycles. The van der Waals surface area contributed by atoms with Gasteiger partial charge < -0.3 is 9.47 Å². The molecule has 0 aliphatic carbocycles. The van der Waals surface area contributed by atoms with Crippen molar-refractivity contribution in [1.29, 1.82) is 0 Å². The summed E-state index contributed by atoms with van der Waals surface area (Å²) in [4.78, 5) is 29.8. The van der Waals surface area contributed by atoms with Gasteiger partial charge in [-0.2, -0.15) is 0 Å². The molecule has 0 saturated carbocycles. The van der Waals surface area contributed by atoms with Crippen LogP contribution in [0.25, 0.3) is 21.3 Å². The molecule has 0 amide bonds. The van der Waals surface area contributed by atoms with Crippen LogP contribution in [0.1, 0.15) is 24.2 Å². The first-order chi connectivity index (χ1) is 13.0. The van der Waals surface area contributed by atoms with E-state index < -0.39 is 0 Å². The zero-order valence-electron chi connectivity index (χ0n) is 15.9. The number of aryl methyl sites for hydroxylation is 2. The molecule has 0 radical (unpaired) electrons. The number of ether oxygens (including phenoxy) is 2. The van der Waals surface area contributed by atoms with Gasteiger partial charge in [-0.15, -0.1) is 11.3 Å². The van der Waals surface area contributed by atoms with E-state index in [-0.39, 0.29) is 17.9 Å². The number of rotatable bonds is 6. The van der Waals surface area contributed by atoms with Gasteiger partial charge in [0, 0.05) is 23.9 Å². The molecule has 6 nitrogen and oxygen atoms in total. The van der Waals surface area contributed by atoms with Gasteiger partial charge in [-0.25, -0.2) is 4.98 Å². The topological polar surface area (TPSA) is 70.4 Å². The van der Waals surface area contributed by atoms with Crippen molar-refractivity contribution in [3.63, 3.8) is 0 Å². The fourth-order valence-corrected chi connectivity index (χ4v) is 4.11. The van der Waals surface area contributed by atoms with Gasteiger partial charge in [-0.1, -0.05) is 6.07 Å². The molecule has 1 aromatic carbocycles. The summed E-state index contributed by atoms with van der Waals surface area (Å²) >= 11 is 1.46. The molecule has 0 aliphatic rings. The number of esters is 1. The second kappa shape index (κ2) is 7.92. The lowest BCUT2D eigenvalue weighted by atomic mass is 10.0. The third-order valence-corrected chi connectivity index (χ3v) is 5.45. The first kappa shape index (κ1) is 19.1. The van der Waals surface area contributed by atoms with Crippen LogP contribution in [0.2, 0.25) is 0 Å². The highest BCUT2D eigenvalue weighted by atomic mass is 32.1. The third-order valence-electron chi connectivity index (χ3n) is 4.58. The summed E-state index contributed by atoms with van der Waals surface area (Å²) in [5, 5.41) is 2.59. The van der Waals surface area contributed by atoms with Gasteiger partial charge in [0.05, 0.1) is 19.6 Å². The van der Waals surface area contributed by atoms with Crippen molar-refractivity contribution in [3.05, 3.63) is 45.3 Å². The minimum Gasteiger partial charge on any atom is -0.496 e. The number of carbonyl (C=O) groups excluding carboxylic acids is 1. The number of fused-ring (bicyclic) bond motifs is 1. The van der Waals surface area contributed by atoms with Gasteiger partial charge in [0.15, 0.2) is 0 Å². The molecule has 2 heterocycles. The van der Waals surface area contributed by atoms with Crippen LogP contribution >= 0.6 is 11.3 Å². The number of methoxy groups -OCH3 is 2. The van der Waals surface area contributed by atoms with E-state index in [1.54, 1.807) is 11.7 Å². The summed E-state index contributed by atoms with van der Waals surface area (Å²) < 4.78 is 11.6. The average Bonchev–Trinajstić information content (AvgIpc) is 3.07. The Labute approximate surface area is 161 Å². The van der Waals surface area contributed by atoms with Crippen LogP contribution in [-0.4, -0.2) is 29.7 Å². The number of aromatic nitrogens is 2. The number of thiophene rings is 1. The Morgan fingerprint density at radius 2 is 2.04 bits per heavy atom. The Morgan fingerprint density at radius 1 is 1.26 bits per heavy atom. The minimum atomic E-state index is -0.278. The van der Waals surface area contributed by atoms with Crippen LogP contribution in [0.15, 0.2) is 28.4 Å². The van der Waals surface area contributed by atoms with E-state index in [9.17, 15) is 9.59 Å². The second-order valence-electron chi connectivity index (χ2n) is 6.31. The maximum Gasteiger partial charge on any atom is 0.305 e. The van der Waals surface area contributed by atoms with E-state index in [1.807, 2.05) is 37.4 Å². The molecule has 0 atom stereocenters. The predicted molar refractivity (Wildman–Crippen MR) is 107 cm³/mol. The van der Waals surface area contributed by atoms with Crippen molar-refractivity contribution in [2.24, 2.45) is 0 Å². The second-order valence-corrected chi connectivity index (χ2v) is 7.17. The predicted octanol–water partition coefficient (Wildman–Crippen LogP) is 3.70. The summed E-state index contributed by atoms with van der Waals surface area (Å²) in [5.74, 6) is 1.18. The van der Waals surface area contributed by atoms with Crippen LogP contribution < -0.4 is 10.3 Å². The van der Waals surface area contributed by atoms with Gasteiger partial charge in [0.1, 0.15) is 16.4 Å². The number of hydrogen-bond donors (Lipinski definition) is 0. The zero-order valence-corrected chi connectivity index (χ0v) is 16.7. The number of nitrogens with zero attached hydrogens (tertiary/aromatic N) is 2. The van der Waals surface area contributed by atoms with Crippen molar-refractivity contribution in [2.45, 2.75) is 33.2 Å². The molecule has 0 saturated heterocycles. The zero-order chi connectivity index (χ0) is 19.6. The smallest absolute Gasteiger partial charge is 0.305 e. The van der Waals surface area contributed by atoms with Gasteiger partial charge in [-0.3, -0.25) is 14.2 Å². The molecule has 0 unspecified atom stereocenters. The number of carbonyl (C=O) groups is 1. The molecule has 0 bridgehead atoms. The van der Waals surface area contributed by atoms with Crippen LogP contribution in [0.3, 0.4) is 0 Å². The Kier molecular flexibility index (Phi) is 5.60. The fourth-order valence-electron chi connectivity index (χ4n) is 3.13. The molecule has 0 spiro atoms. The first-order valence-corrected chi connectivity index (χ1v) is 9.54. The van der Waals surface area contributed by atoms with Crippen molar-refractivity contribution >= 4 is 27.5 Å². The van der Waals surface area contributed by atoms with E-state index in [0.29, 0.717) is 24.2 Å². The monoisotopic (exact) mass is 386 g/mol. The van der Waals surface area contributed by atoms with Crippen molar-refractivity contribution in [2.75, 3.05) is 14.2 Å². The molecule has 7 heteroatoms. The molecule has 3 rings (SSSR count). The number of benzene rings is 1. The molecule has 2 aromatic heterocycles. The summed E-state index contributed by atoms with van der Waals surface area (Å²) in [5.41, 5.74) is 2.77. The van der Waals surface area contributed by atoms with Gasteiger partial charge in [0.2, 0.25) is 0 Å². The lowest BCUT2D eigenvalue weighted by Crippen LogP contribution is -2.24. The van der Waals surface area contributed by atoms with Gasteiger partial charge in [-0.05, 0) is 43.5 Å². The Bertz CT molecular complexity index is 1050. The van der Waals surface area contributed by atoms with Crippen LogP contribution in [0.4, 0.5) is 0 Å². The molecular weight excluding hydrogens is 364 g/mol. The molecule has 0 N–H and O–H groups in total. The van der Waals surface area contributed by atoms with Crippen molar-refractivity contribution < 1.29 is 14.3 Å². The highest BCUT2D eigenvalue weighted by molar-refractivity contribution is 7.17. The summed E-state index contributed by atoms with van der Waals surface area (Å²) in [7, 11) is 3.00. The van der Waals surface area contributed by atoms with Crippen LogP contribution in [0.5, 0.6) is 5.75 Å². The van der Waals surface area contributed by atoms with E-state index in [0.717, 1.165) is 27.3 Å². The van der Waals surface area contributed by atoms with E-state index in [2.05, 4.69) is 9.72 Å².